The number of alkyl halides is 3. The maximum Gasteiger partial charge on any atom is 0.412 e. The van der Waals surface area contributed by atoms with Gasteiger partial charge < -0.3 is 20.5 Å². The average Bonchev–Trinajstić information content (AvgIpc) is 3.03. The summed E-state index contributed by atoms with van der Waals surface area (Å²) < 4.78 is 77.5. The van der Waals surface area contributed by atoms with Gasteiger partial charge in [0.15, 0.2) is 0 Å². The highest BCUT2D eigenvalue weighted by atomic mass is 35.5. The molecular formula is C34H24Cl2F5N3O4. The van der Waals surface area contributed by atoms with Gasteiger partial charge >= 0.3 is 12.1 Å². The van der Waals surface area contributed by atoms with Crippen LogP contribution in [0.25, 0.3) is 11.1 Å². The van der Waals surface area contributed by atoms with Crippen molar-refractivity contribution in [3.05, 3.63) is 116 Å². The Bertz CT molecular complexity index is 1890. The van der Waals surface area contributed by atoms with Gasteiger partial charge in [0.05, 0.1) is 28.3 Å². The van der Waals surface area contributed by atoms with Gasteiger partial charge in [0.1, 0.15) is 35.0 Å². The normalized spacial score (nSPS) is 13.8. The topological polar surface area (TPSA) is 111 Å². The number of fused-ring (bicyclic) bond motifs is 1. The number of rotatable bonds is 9. The number of anilines is 1. The highest BCUT2D eigenvalue weighted by molar-refractivity contribution is 6.39. The number of hydrogen-bond acceptors (Lipinski definition) is 5. The number of benzene rings is 4. The van der Waals surface area contributed by atoms with Crippen LogP contribution in [0.4, 0.5) is 27.6 Å². The standard InChI is InChI=1S/C34H24Cl2F5N3O4/c35-23-11-17(16-42)12-24(36)28(23)22-9-8-19(21-7-4-10-48-30(21)22)13-27(33(46)47)44-32(45)29-25(37)14-20(15-26(29)38)43-31(34(39,40)41)18-5-2-1-3-6-18/h1-3,5-6,8-9,11-12,14-15,27,31,43H,4,7,10,13H2,(H,44,45)(H,46,47). The van der Waals surface area contributed by atoms with Crippen LogP contribution >= 0.6 is 23.2 Å². The fourth-order valence-electron chi connectivity index (χ4n) is 5.50. The van der Waals surface area contributed by atoms with Crippen LogP contribution in [-0.2, 0) is 17.6 Å². The minimum absolute atomic E-state index is 0.193. The van der Waals surface area contributed by atoms with Crippen LogP contribution in [-0.4, -0.2) is 35.8 Å². The number of carboxylic acids is 1. The molecule has 0 fully saturated rings. The molecule has 2 unspecified atom stereocenters. The molecule has 5 rings (SSSR count). The van der Waals surface area contributed by atoms with Crippen LogP contribution in [0.15, 0.2) is 66.7 Å². The zero-order chi connectivity index (χ0) is 34.7. The summed E-state index contributed by atoms with van der Waals surface area (Å²) in [5, 5.41) is 23.7. The summed E-state index contributed by atoms with van der Waals surface area (Å²) in [5.74, 6) is -5.54. The Kier molecular flexibility index (Phi) is 10.1. The predicted octanol–water partition coefficient (Wildman–Crippen LogP) is 8.28. The highest BCUT2D eigenvalue weighted by Crippen LogP contribution is 2.45. The number of aliphatic carboxylic acids is 1. The van der Waals surface area contributed by atoms with E-state index >= 15 is 8.78 Å². The molecule has 7 nitrogen and oxygen atoms in total. The Morgan fingerprint density at radius 3 is 2.23 bits per heavy atom. The first kappa shape index (κ1) is 34.5. The van der Waals surface area contributed by atoms with Crippen molar-refractivity contribution in [2.75, 3.05) is 11.9 Å². The summed E-state index contributed by atoms with van der Waals surface area (Å²) >= 11 is 12.9. The number of nitrogens with one attached hydrogen (secondary N) is 2. The van der Waals surface area contributed by atoms with Gasteiger partial charge in [-0.05, 0) is 53.8 Å². The minimum atomic E-state index is -4.83. The quantitative estimate of drug-likeness (QED) is 0.151. The van der Waals surface area contributed by atoms with E-state index in [9.17, 15) is 33.1 Å². The van der Waals surface area contributed by atoms with Gasteiger partial charge in [0.25, 0.3) is 5.91 Å². The van der Waals surface area contributed by atoms with Crippen molar-refractivity contribution in [3.63, 3.8) is 0 Å². The molecule has 14 heteroatoms. The Balaban J connectivity index is 1.40. The van der Waals surface area contributed by atoms with Gasteiger partial charge in [-0.1, -0.05) is 65.7 Å². The number of carboxylic acid groups (broad SMARTS) is 1. The second kappa shape index (κ2) is 14.1. The Hall–Kier alpha value is -4.86. The SMILES string of the molecule is N#Cc1cc(Cl)c(-c2ccc(CC(NC(=O)c3c(F)cc(NC(c4ccccc4)C(F)(F)F)cc3F)C(=O)O)c3c2OCCC3)c(Cl)c1. The molecule has 1 aliphatic heterocycles. The number of ether oxygens (including phenoxy) is 1. The van der Waals surface area contributed by atoms with Gasteiger partial charge in [-0.25, -0.2) is 13.6 Å². The predicted molar refractivity (Wildman–Crippen MR) is 168 cm³/mol. The summed E-state index contributed by atoms with van der Waals surface area (Å²) in [4.78, 5) is 25.3. The lowest BCUT2D eigenvalue weighted by Gasteiger charge is -2.25. The Morgan fingerprint density at radius 1 is 1.00 bits per heavy atom. The van der Waals surface area contributed by atoms with Gasteiger partial charge in [-0.2, -0.15) is 18.4 Å². The molecular weight excluding hydrogens is 680 g/mol. The molecule has 0 spiro atoms. The number of nitriles is 1. The molecule has 4 aromatic carbocycles. The van der Waals surface area contributed by atoms with E-state index in [0.29, 0.717) is 59.6 Å². The smallest absolute Gasteiger partial charge is 0.412 e. The van der Waals surface area contributed by atoms with E-state index in [1.54, 1.807) is 12.1 Å². The number of nitrogens with zero attached hydrogens (tertiary/aromatic N) is 1. The lowest BCUT2D eigenvalue weighted by molar-refractivity contribution is -0.144. The number of amides is 1. The molecule has 0 saturated carbocycles. The molecule has 0 saturated heterocycles. The molecule has 0 bridgehead atoms. The first-order chi connectivity index (χ1) is 22.8. The summed E-state index contributed by atoms with van der Waals surface area (Å²) in [7, 11) is 0. The van der Waals surface area contributed by atoms with Crippen LogP contribution in [0, 0.1) is 23.0 Å². The average molecular weight is 704 g/mol. The van der Waals surface area contributed by atoms with E-state index in [2.05, 4.69) is 10.6 Å². The van der Waals surface area contributed by atoms with Gasteiger partial charge in [0.2, 0.25) is 0 Å². The lowest BCUT2D eigenvalue weighted by atomic mass is 9.90. The molecule has 2 atom stereocenters. The molecule has 1 aliphatic rings. The maximum atomic E-state index is 15.1. The summed E-state index contributed by atoms with van der Waals surface area (Å²) in [6, 6.07) is 11.8. The Morgan fingerprint density at radius 2 is 1.65 bits per heavy atom. The van der Waals surface area contributed by atoms with E-state index in [1.807, 2.05) is 6.07 Å². The van der Waals surface area contributed by atoms with E-state index < -0.39 is 53.0 Å². The molecule has 1 heterocycles. The summed E-state index contributed by atoms with van der Waals surface area (Å²) in [6.07, 6.45) is -4.10. The maximum absolute atomic E-state index is 15.1. The number of carbonyl (C=O) groups excluding carboxylic acids is 1. The third-order valence-corrected chi connectivity index (χ3v) is 8.28. The summed E-state index contributed by atoms with van der Waals surface area (Å²) in [6.45, 7) is 0.340. The van der Waals surface area contributed by atoms with E-state index in [0.717, 1.165) is 0 Å². The van der Waals surface area contributed by atoms with E-state index in [-0.39, 0.29) is 27.6 Å². The Labute approximate surface area is 280 Å². The monoisotopic (exact) mass is 703 g/mol. The zero-order valence-corrected chi connectivity index (χ0v) is 26.1. The highest BCUT2D eigenvalue weighted by Gasteiger charge is 2.41. The number of halogens is 7. The number of hydrogen-bond donors (Lipinski definition) is 3. The van der Waals surface area contributed by atoms with E-state index in [1.165, 1.54) is 42.5 Å². The second-order valence-corrected chi connectivity index (χ2v) is 11.7. The first-order valence-electron chi connectivity index (χ1n) is 14.4. The molecule has 48 heavy (non-hydrogen) atoms. The van der Waals surface area contributed by atoms with Crippen molar-refractivity contribution < 1.29 is 41.4 Å². The van der Waals surface area contributed by atoms with Gasteiger partial charge in [-0.15, -0.1) is 0 Å². The van der Waals surface area contributed by atoms with Crippen LogP contribution in [0.2, 0.25) is 10.0 Å². The van der Waals surface area contributed by atoms with Crippen LogP contribution < -0.4 is 15.4 Å². The second-order valence-electron chi connectivity index (χ2n) is 10.9. The largest absolute Gasteiger partial charge is 0.493 e. The lowest BCUT2D eigenvalue weighted by Crippen LogP contribution is -2.43. The molecule has 1 amide bonds. The van der Waals surface area contributed by atoms with Crippen LogP contribution in [0.3, 0.4) is 0 Å². The van der Waals surface area contributed by atoms with Crippen molar-refractivity contribution in [2.24, 2.45) is 0 Å². The van der Waals surface area contributed by atoms with Gasteiger partial charge in [-0.3, -0.25) is 4.79 Å². The van der Waals surface area contributed by atoms with Crippen molar-refractivity contribution in [2.45, 2.75) is 37.5 Å². The molecule has 4 aromatic rings. The van der Waals surface area contributed by atoms with Crippen LogP contribution in [0.1, 0.15) is 45.1 Å². The van der Waals surface area contributed by atoms with Gasteiger partial charge in [0, 0.05) is 23.2 Å². The minimum Gasteiger partial charge on any atom is -0.493 e. The fraction of sp³-hybridized carbons (Fsp3) is 0.206. The van der Waals surface area contributed by atoms with Crippen molar-refractivity contribution in [1.82, 2.24) is 5.32 Å². The molecule has 248 valence electrons. The van der Waals surface area contributed by atoms with E-state index in [4.69, 9.17) is 27.9 Å². The first-order valence-corrected chi connectivity index (χ1v) is 15.1. The fourth-order valence-corrected chi connectivity index (χ4v) is 6.19. The molecule has 0 radical (unpaired) electrons. The van der Waals surface area contributed by atoms with Crippen molar-refractivity contribution in [3.8, 4) is 22.9 Å². The molecule has 0 aromatic heterocycles. The molecule has 3 N–H and O–H groups in total. The summed E-state index contributed by atoms with van der Waals surface area (Å²) in [5.41, 5.74) is 0.263. The third-order valence-electron chi connectivity index (χ3n) is 7.68. The third kappa shape index (κ3) is 7.32. The number of carbonyl (C=O) groups is 2. The van der Waals surface area contributed by atoms with Crippen molar-refractivity contribution >= 4 is 40.8 Å². The van der Waals surface area contributed by atoms with Crippen molar-refractivity contribution in [1.29, 1.82) is 5.26 Å². The van der Waals surface area contributed by atoms with Crippen LogP contribution in [0.5, 0.6) is 5.75 Å². The molecule has 0 aliphatic carbocycles. The zero-order valence-electron chi connectivity index (χ0n) is 24.6.